The molecule has 0 heterocycles. The Kier molecular flexibility index (Phi) is 9.87. The zero-order chi connectivity index (χ0) is 28.0. The van der Waals surface area contributed by atoms with Gasteiger partial charge in [-0.2, -0.15) is 0 Å². The summed E-state index contributed by atoms with van der Waals surface area (Å²) in [5.74, 6) is 2.28. The molecule has 2 saturated carbocycles. The van der Waals surface area contributed by atoms with Crippen LogP contribution >= 0.6 is 0 Å². The Labute approximate surface area is 228 Å². The topological polar surface area (TPSA) is 87.7 Å². The minimum Gasteiger partial charge on any atom is -0.444 e. The van der Waals surface area contributed by atoms with Crippen LogP contribution in [-0.4, -0.2) is 46.5 Å². The number of rotatable bonds is 9. The van der Waals surface area contributed by atoms with Crippen molar-refractivity contribution in [3.63, 3.8) is 0 Å². The van der Waals surface area contributed by atoms with Gasteiger partial charge in [-0.1, -0.05) is 64.5 Å². The van der Waals surface area contributed by atoms with Crippen LogP contribution in [0.15, 0.2) is 24.3 Å². The largest absolute Gasteiger partial charge is 0.444 e. The van der Waals surface area contributed by atoms with Gasteiger partial charge in [0, 0.05) is 17.6 Å². The third-order valence-electron chi connectivity index (χ3n) is 7.70. The van der Waals surface area contributed by atoms with Gasteiger partial charge >= 0.3 is 6.09 Å². The van der Waals surface area contributed by atoms with Crippen LogP contribution in [-0.2, 0) is 14.3 Å². The van der Waals surface area contributed by atoms with Crippen LogP contribution in [0, 0.1) is 24.2 Å². The minimum atomic E-state index is -0.822. The fraction of sp³-hybridized carbons (Fsp3) is 0.645. The van der Waals surface area contributed by atoms with E-state index in [0.717, 1.165) is 32.1 Å². The van der Waals surface area contributed by atoms with Gasteiger partial charge in [-0.25, -0.2) is 4.79 Å². The second-order valence-corrected chi connectivity index (χ2v) is 12.0. The van der Waals surface area contributed by atoms with E-state index in [0.29, 0.717) is 17.5 Å². The number of alkyl carbamates (subject to hydrolysis) is 1. The first kappa shape index (κ1) is 29.5. The Balaban J connectivity index is 1.99. The molecule has 3 rings (SSSR count). The maximum atomic E-state index is 14.3. The second-order valence-electron chi connectivity index (χ2n) is 12.0. The lowest BCUT2D eigenvalue weighted by Gasteiger charge is -2.37. The van der Waals surface area contributed by atoms with E-state index in [2.05, 4.69) is 23.5 Å². The van der Waals surface area contributed by atoms with Crippen LogP contribution in [0.5, 0.6) is 0 Å². The van der Waals surface area contributed by atoms with Gasteiger partial charge < -0.3 is 20.3 Å². The summed E-state index contributed by atoms with van der Waals surface area (Å²) in [6, 6.07) is 5.66. The van der Waals surface area contributed by atoms with Gasteiger partial charge in [0.1, 0.15) is 17.7 Å². The van der Waals surface area contributed by atoms with E-state index in [1.165, 1.54) is 6.42 Å². The third-order valence-corrected chi connectivity index (χ3v) is 7.70. The molecule has 38 heavy (non-hydrogen) atoms. The van der Waals surface area contributed by atoms with Crippen LogP contribution in [0.3, 0.4) is 0 Å². The van der Waals surface area contributed by atoms with Gasteiger partial charge in [-0.3, -0.25) is 9.59 Å². The van der Waals surface area contributed by atoms with E-state index in [1.54, 1.807) is 37.8 Å². The average molecular weight is 524 g/mol. The molecule has 0 radical (unpaired) electrons. The Morgan fingerprint density at radius 3 is 2.24 bits per heavy atom. The van der Waals surface area contributed by atoms with E-state index in [-0.39, 0.29) is 35.7 Å². The summed E-state index contributed by atoms with van der Waals surface area (Å²) in [4.78, 5) is 42.8. The normalized spacial score (nSPS) is 21.8. The monoisotopic (exact) mass is 523 g/mol. The van der Waals surface area contributed by atoms with E-state index in [4.69, 9.17) is 11.2 Å². The molecule has 5 atom stereocenters. The Morgan fingerprint density at radius 2 is 1.74 bits per heavy atom. The molecular formula is C31H45N3O4. The SMILES string of the molecule is C#Cc1ccc(C(C(=O)NC2CCCCC2)N(C(=O)C(NC(=O)OC(C)(C)C)C(C)CC)C2CC2C)cc1. The summed E-state index contributed by atoms with van der Waals surface area (Å²) in [6.07, 6.45) is 11.7. The predicted octanol–water partition coefficient (Wildman–Crippen LogP) is 5.33. The highest BCUT2D eigenvalue weighted by Gasteiger charge is 2.49. The number of hydrogen-bond acceptors (Lipinski definition) is 4. The van der Waals surface area contributed by atoms with Crippen LogP contribution in [0.2, 0.25) is 0 Å². The number of benzene rings is 1. The van der Waals surface area contributed by atoms with Crippen LogP contribution in [0.25, 0.3) is 0 Å². The van der Waals surface area contributed by atoms with Gasteiger partial charge in [0.15, 0.2) is 0 Å². The zero-order valence-electron chi connectivity index (χ0n) is 23.9. The number of ether oxygens (including phenoxy) is 1. The minimum absolute atomic E-state index is 0.0936. The molecule has 1 aromatic rings. The number of carbonyl (C=O) groups excluding carboxylic acids is 3. The Hall–Kier alpha value is -3.01. The molecule has 7 heteroatoms. The van der Waals surface area contributed by atoms with E-state index in [9.17, 15) is 14.4 Å². The van der Waals surface area contributed by atoms with E-state index < -0.39 is 23.8 Å². The zero-order valence-corrected chi connectivity index (χ0v) is 23.9. The summed E-state index contributed by atoms with van der Waals surface area (Å²) in [5, 5.41) is 6.08. The highest BCUT2D eigenvalue weighted by Crippen LogP contribution is 2.41. The lowest BCUT2D eigenvalue weighted by Crippen LogP contribution is -2.56. The number of hydrogen-bond donors (Lipinski definition) is 2. The summed E-state index contributed by atoms with van der Waals surface area (Å²) in [7, 11) is 0. The van der Waals surface area contributed by atoms with Crippen molar-refractivity contribution in [3.05, 3.63) is 35.4 Å². The third kappa shape index (κ3) is 7.75. The van der Waals surface area contributed by atoms with E-state index in [1.807, 2.05) is 26.0 Å². The molecule has 0 bridgehead atoms. The van der Waals surface area contributed by atoms with Crippen molar-refractivity contribution in [1.82, 2.24) is 15.5 Å². The van der Waals surface area contributed by atoms with Crippen LogP contribution in [0.1, 0.15) is 104 Å². The summed E-state index contributed by atoms with van der Waals surface area (Å²) < 4.78 is 5.49. The van der Waals surface area contributed by atoms with Crippen LogP contribution in [0.4, 0.5) is 4.79 Å². The number of amides is 3. The molecule has 3 amide bonds. The van der Waals surface area contributed by atoms with Gasteiger partial charge in [0.2, 0.25) is 11.8 Å². The number of carbonyl (C=O) groups is 3. The summed E-state index contributed by atoms with van der Waals surface area (Å²) in [6.45, 7) is 11.4. The smallest absolute Gasteiger partial charge is 0.408 e. The lowest BCUT2D eigenvalue weighted by atomic mass is 9.93. The molecular weight excluding hydrogens is 478 g/mol. The number of nitrogens with one attached hydrogen (secondary N) is 2. The fourth-order valence-electron chi connectivity index (χ4n) is 5.18. The second kappa shape index (κ2) is 12.7. The van der Waals surface area contributed by atoms with Crippen LogP contribution < -0.4 is 10.6 Å². The highest BCUT2D eigenvalue weighted by atomic mass is 16.6. The van der Waals surface area contributed by atoms with Crippen molar-refractivity contribution in [2.75, 3.05) is 0 Å². The molecule has 7 nitrogen and oxygen atoms in total. The van der Waals surface area contributed by atoms with Crippen molar-refractivity contribution in [2.24, 2.45) is 11.8 Å². The number of terminal acetylenes is 1. The molecule has 0 aliphatic heterocycles. The first-order valence-corrected chi connectivity index (χ1v) is 14.1. The number of nitrogens with zero attached hydrogens (tertiary/aromatic N) is 1. The van der Waals surface area contributed by atoms with Crippen molar-refractivity contribution >= 4 is 17.9 Å². The standard InChI is InChI=1S/C31H45N3O4/c1-8-20(3)26(33-30(37)38-31(5,6)7)29(36)34(25-19-21(25)4)27(23-17-15-22(9-2)16-18-23)28(35)32-24-13-11-10-12-14-24/h2,15-18,20-21,24-27H,8,10-14,19H2,1,3-7H3,(H,32,35)(H,33,37). The molecule has 0 spiro atoms. The van der Waals surface area contributed by atoms with E-state index >= 15 is 0 Å². The molecule has 2 N–H and O–H groups in total. The first-order valence-electron chi connectivity index (χ1n) is 14.1. The molecule has 2 fully saturated rings. The quantitative estimate of drug-likeness (QED) is 0.428. The lowest BCUT2D eigenvalue weighted by molar-refractivity contribution is -0.144. The summed E-state index contributed by atoms with van der Waals surface area (Å²) >= 11 is 0. The van der Waals surface area contributed by atoms with Crippen molar-refractivity contribution < 1.29 is 19.1 Å². The molecule has 5 unspecified atom stereocenters. The van der Waals surface area contributed by atoms with Gasteiger partial charge in [0.25, 0.3) is 0 Å². The molecule has 2 aliphatic rings. The first-order chi connectivity index (χ1) is 17.9. The van der Waals surface area contributed by atoms with Crippen molar-refractivity contribution in [2.45, 2.75) is 116 Å². The fourth-order valence-corrected chi connectivity index (χ4v) is 5.18. The summed E-state index contributed by atoms with van der Waals surface area (Å²) in [5.41, 5.74) is 0.728. The predicted molar refractivity (Wildman–Crippen MR) is 149 cm³/mol. The van der Waals surface area contributed by atoms with Gasteiger partial charge in [-0.05, 0) is 69.6 Å². The Morgan fingerprint density at radius 1 is 1.13 bits per heavy atom. The molecule has 208 valence electrons. The van der Waals surface area contributed by atoms with Gasteiger partial charge in [0.05, 0.1) is 0 Å². The average Bonchev–Trinajstić information content (AvgIpc) is 3.60. The highest BCUT2D eigenvalue weighted by molar-refractivity contribution is 5.93. The molecule has 0 saturated heterocycles. The molecule has 0 aromatic heterocycles. The molecule has 2 aliphatic carbocycles. The maximum Gasteiger partial charge on any atom is 0.408 e. The van der Waals surface area contributed by atoms with Crippen molar-refractivity contribution in [3.8, 4) is 12.3 Å². The molecule has 1 aromatic carbocycles. The van der Waals surface area contributed by atoms with Crippen molar-refractivity contribution in [1.29, 1.82) is 0 Å². The van der Waals surface area contributed by atoms with Gasteiger partial charge in [-0.15, -0.1) is 6.42 Å². The Bertz CT molecular complexity index is 1020. The maximum absolute atomic E-state index is 14.3.